The molecule has 3 atom stereocenters. The Hall–Kier alpha value is -0.259. The van der Waals surface area contributed by atoms with Crippen LogP contribution in [-0.4, -0.2) is 54.8 Å². The minimum absolute atomic E-state index is 0.319. The first-order valence-electron chi connectivity index (χ1n) is 10.1. The van der Waals surface area contributed by atoms with Gasteiger partial charge in [-0.15, -0.1) is 0 Å². The summed E-state index contributed by atoms with van der Waals surface area (Å²) in [6.07, 6.45) is 1.96. The summed E-state index contributed by atoms with van der Waals surface area (Å²) in [5, 5.41) is 10.5. The molecule has 0 spiro atoms. The minimum Gasteiger partial charge on any atom is -0.456 e. The SMILES string of the molecule is C=C(C)C(=O)OC1CCC(CC(O[Si](C)(C)C)(O[Si](C)(C)C)[SiH2]C)CC1O. The molecule has 27 heavy (non-hydrogen) atoms. The normalized spacial score (nSPS) is 25.0. The van der Waals surface area contributed by atoms with Crippen molar-refractivity contribution in [1.82, 2.24) is 0 Å². The molecule has 0 aromatic carbocycles. The average molecular weight is 433 g/mol. The summed E-state index contributed by atoms with van der Waals surface area (Å²) in [4.78, 5) is 11.8. The molecule has 1 fully saturated rings. The van der Waals surface area contributed by atoms with Gasteiger partial charge in [-0.25, -0.2) is 4.79 Å². The highest BCUT2D eigenvalue weighted by Gasteiger charge is 2.43. The van der Waals surface area contributed by atoms with Crippen molar-refractivity contribution in [2.75, 3.05) is 0 Å². The lowest BCUT2D eigenvalue weighted by atomic mass is 9.83. The van der Waals surface area contributed by atoms with E-state index in [1.54, 1.807) is 6.92 Å². The molecule has 0 amide bonds. The molecule has 1 aliphatic carbocycles. The molecule has 1 N–H and O–H groups in total. The highest BCUT2D eigenvalue weighted by Crippen LogP contribution is 2.37. The van der Waals surface area contributed by atoms with E-state index >= 15 is 0 Å². The van der Waals surface area contributed by atoms with Gasteiger partial charge in [0.2, 0.25) is 0 Å². The number of ether oxygens (including phenoxy) is 1. The Labute approximate surface area is 169 Å². The zero-order valence-electron chi connectivity index (χ0n) is 18.6. The molecule has 0 aromatic rings. The predicted octanol–water partition coefficient (Wildman–Crippen LogP) is 3.60. The van der Waals surface area contributed by atoms with Gasteiger partial charge in [-0.3, -0.25) is 0 Å². The van der Waals surface area contributed by atoms with Crippen LogP contribution in [0.2, 0.25) is 45.8 Å². The molecule has 158 valence electrons. The third-order valence-electron chi connectivity index (χ3n) is 4.59. The van der Waals surface area contributed by atoms with Crippen LogP contribution in [0.5, 0.6) is 0 Å². The molecule has 8 heteroatoms. The molecule has 3 unspecified atom stereocenters. The van der Waals surface area contributed by atoms with Crippen molar-refractivity contribution >= 4 is 32.1 Å². The molecule has 1 rings (SSSR count). The third-order valence-corrected chi connectivity index (χ3v) is 8.79. The van der Waals surface area contributed by atoms with Crippen molar-refractivity contribution in [3.05, 3.63) is 12.2 Å². The zero-order valence-corrected chi connectivity index (χ0v) is 22.0. The number of rotatable bonds is 9. The maximum absolute atomic E-state index is 11.8. The van der Waals surface area contributed by atoms with Crippen LogP contribution < -0.4 is 0 Å². The molecule has 0 bridgehead atoms. The van der Waals surface area contributed by atoms with E-state index in [9.17, 15) is 9.90 Å². The molecule has 1 aliphatic rings. The Kier molecular flexibility index (Phi) is 8.71. The topological polar surface area (TPSA) is 65.0 Å². The largest absolute Gasteiger partial charge is 0.456 e. The van der Waals surface area contributed by atoms with Gasteiger partial charge in [-0.05, 0) is 77.8 Å². The number of aliphatic hydroxyl groups excluding tert-OH is 1. The van der Waals surface area contributed by atoms with Gasteiger partial charge in [0.25, 0.3) is 0 Å². The van der Waals surface area contributed by atoms with Gasteiger partial charge in [0.05, 0.1) is 15.6 Å². The fraction of sp³-hybridized carbons (Fsp3) is 0.842. The molecule has 0 aromatic heterocycles. The van der Waals surface area contributed by atoms with E-state index in [4.69, 9.17) is 13.6 Å². The van der Waals surface area contributed by atoms with Crippen molar-refractivity contribution in [3.63, 3.8) is 0 Å². The first-order valence-corrected chi connectivity index (χ1v) is 19.0. The summed E-state index contributed by atoms with van der Waals surface area (Å²) in [7, 11) is -4.14. The number of carbonyl (C=O) groups is 1. The van der Waals surface area contributed by atoms with Gasteiger partial charge in [0.1, 0.15) is 11.5 Å². The quantitative estimate of drug-likeness (QED) is 0.261. The lowest BCUT2D eigenvalue weighted by molar-refractivity contribution is -0.155. The van der Waals surface area contributed by atoms with Crippen LogP contribution in [0.1, 0.15) is 32.6 Å². The predicted molar refractivity (Wildman–Crippen MR) is 119 cm³/mol. The maximum atomic E-state index is 11.8. The van der Waals surface area contributed by atoms with Crippen molar-refractivity contribution in [2.45, 2.75) is 96.1 Å². The van der Waals surface area contributed by atoms with E-state index in [0.29, 0.717) is 24.3 Å². The Morgan fingerprint density at radius 2 is 1.67 bits per heavy atom. The molecule has 0 heterocycles. The molecular formula is C19H40O5Si3. The Morgan fingerprint density at radius 1 is 1.15 bits per heavy atom. The Bertz CT molecular complexity index is 508. The van der Waals surface area contributed by atoms with Crippen molar-refractivity contribution in [2.24, 2.45) is 5.92 Å². The van der Waals surface area contributed by atoms with Crippen molar-refractivity contribution in [1.29, 1.82) is 0 Å². The van der Waals surface area contributed by atoms with Gasteiger partial charge in [0.15, 0.2) is 16.6 Å². The Balaban J connectivity index is 2.85. The van der Waals surface area contributed by atoms with E-state index < -0.39 is 49.7 Å². The van der Waals surface area contributed by atoms with Crippen molar-refractivity contribution < 1.29 is 23.5 Å². The van der Waals surface area contributed by atoms with Crippen LogP contribution in [0.3, 0.4) is 0 Å². The first kappa shape index (κ1) is 24.8. The fourth-order valence-electron chi connectivity index (χ4n) is 3.71. The van der Waals surface area contributed by atoms with E-state index in [1.807, 2.05) is 0 Å². The van der Waals surface area contributed by atoms with Crippen LogP contribution in [0.25, 0.3) is 0 Å². The second-order valence-corrected chi connectivity index (χ2v) is 20.5. The highest BCUT2D eigenvalue weighted by atomic mass is 28.4. The molecule has 1 saturated carbocycles. The van der Waals surface area contributed by atoms with Gasteiger partial charge in [-0.2, -0.15) is 0 Å². The third kappa shape index (κ3) is 8.74. The lowest BCUT2D eigenvalue weighted by Crippen LogP contribution is -2.55. The van der Waals surface area contributed by atoms with Crippen molar-refractivity contribution in [3.8, 4) is 0 Å². The second kappa shape index (κ2) is 9.49. The first-order chi connectivity index (χ1) is 12.2. The second-order valence-electron chi connectivity index (χ2n) is 9.87. The fourth-order valence-corrected chi connectivity index (χ4v) is 10.7. The van der Waals surface area contributed by atoms with E-state index in [-0.39, 0.29) is 0 Å². The summed E-state index contributed by atoms with van der Waals surface area (Å²) in [5.74, 6) is -0.100. The average Bonchev–Trinajstić information content (AvgIpc) is 2.46. The van der Waals surface area contributed by atoms with Crippen LogP contribution in [-0.2, 0) is 18.4 Å². The molecule has 0 radical (unpaired) electrons. The lowest BCUT2D eigenvalue weighted by Gasteiger charge is -2.46. The summed E-state index contributed by atoms with van der Waals surface area (Å²) < 4.78 is 18.7. The van der Waals surface area contributed by atoms with Gasteiger partial charge in [0, 0.05) is 5.57 Å². The molecule has 5 nitrogen and oxygen atoms in total. The monoisotopic (exact) mass is 432 g/mol. The highest BCUT2D eigenvalue weighted by molar-refractivity contribution is 6.72. The van der Waals surface area contributed by atoms with Crippen LogP contribution in [0.15, 0.2) is 12.2 Å². The zero-order chi connectivity index (χ0) is 21.0. The minimum atomic E-state index is -1.77. The van der Waals surface area contributed by atoms with Gasteiger partial charge >= 0.3 is 5.97 Å². The molecular weight excluding hydrogens is 392 g/mol. The summed E-state index contributed by atoms with van der Waals surface area (Å²) in [5.41, 5.74) is -0.0759. The summed E-state index contributed by atoms with van der Waals surface area (Å²) in [6.45, 7) is 20.8. The maximum Gasteiger partial charge on any atom is 0.333 e. The van der Waals surface area contributed by atoms with Crippen LogP contribution in [0, 0.1) is 5.92 Å². The Morgan fingerprint density at radius 3 is 2.04 bits per heavy atom. The number of carbonyl (C=O) groups excluding carboxylic acids is 1. The summed E-state index contributed by atoms with van der Waals surface area (Å²) in [6, 6.07) is 0. The number of esters is 1. The van der Waals surface area contributed by atoms with Crippen LogP contribution in [0.4, 0.5) is 0 Å². The summed E-state index contributed by atoms with van der Waals surface area (Å²) >= 11 is 0. The smallest absolute Gasteiger partial charge is 0.333 e. The van der Waals surface area contributed by atoms with Crippen LogP contribution >= 0.6 is 0 Å². The molecule has 0 aliphatic heterocycles. The van der Waals surface area contributed by atoms with E-state index in [1.165, 1.54) is 0 Å². The standard InChI is InChI=1S/C19H40O5Si3/c1-14(2)18(21)22-17-11-10-15(12-16(17)20)13-19(25-3,23-26(4,5)6)24-27(7,8)9/h15-17,20H,1,10-13,25H2,2-9H3. The molecule has 0 saturated heterocycles. The van der Waals surface area contributed by atoms with E-state index in [2.05, 4.69) is 52.4 Å². The van der Waals surface area contributed by atoms with Gasteiger partial charge < -0.3 is 18.7 Å². The number of hydrogen-bond donors (Lipinski definition) is 1. The van der Waals surface area contributed by atoms with Gasteiger partial charge in [-0.1, -0.05) is 13.1 Å². The number of aliphatic hydroxyl groups is 1. The van der Waals surface area contributed by atoms with E-state index in [0.717, 1.165) is 12.8 Å². The number of hydrogen-bond acceptors (Lipinski definition) is 5.